The molecule has 0 unspecified atom stereocenters. The molecule has 0 aromatic heterocycles. The van der Waals surface area contributed by atoms with E-state index in [4.69, 9.17) is 9.35 Å². The normalized spacial score (nSPS) is 10.1. The Morgan fingerprint density at radius 2 is 1.61 bits per heavy atom. The molecule has 0 aliphatic rings. The molecule has 0 aliphatic heterocycles. The number of aryl methyl sites for hydroxylation is 1. The summed E-state index contributed by atoms with van der Waals surface area (Å²) in [6.45, 7) is 3.66. The molecule has 2 aromatic rings. The molecule has 18 heavy (non-hydrogen) atoms. The van der Waals surface area contributed by atoms with Gasteiger partial charge in [-0.3, -0.25) is 4.55 Å². The van der Waals surface area contributed by atoms with E-state index in [0.717, 1.165) is 5.39 Å². The van der Waals surface area contributed by atoms with Gasteiger partial charge < -0.3 is 4.79 Å². The van der Waals surface area contributed by atoms with Gasteiger partial charge >= 0.3 is 0 Å². The summed E-state index contributed by atoms with van der Waals surface area (Å²) in [5.74, 6) is 0. The fourth-order valence-corrected chi connectivity index (χ4v) is 2.63. The standard InChI is InChI=1S/C11H10O3S.CH2O.Na/c1-8-6-7-9-4-2-3-5-10(9)11(8)15(12,13)14;1-2;/h2-7H,1H3,(H,12,13,14);1H2;. The number of carbonyl (C=O) groups is 1. The molecule has 1 radical (unpaired) electrons. The van der Waals surface area contributed by atoms with Crippen molar-refractivity contribution in [1.29, 1.82) is 0 Å². The topological polar surface area (TPSA) is 71.4 Å². The zero-order chi connectivity index (χ0) is 13.1. The van der Waals surface area contributed by atoms with Crippen molar-refractivity contribution in [2.75, 3.05) is 0 Å². The van der Waals surface area contributed by atoms with Gasteiger partial charge in [0.1, 0.15) is 11.7 Å². The number of carbonyl (C=O) groups excluding carboxylic acids is 1. The van der Waals surface area contributed by atoms with Gasteiger partial charge in [-0.25, -0.2) is 0 Å². The van der Waals surface area contributed by atoms with Crippen molar-refractivity contribution in [3.63, 3.8) is 0 Å². The van der Waals surface area contributed by atoms with E-state index in [1.807, 2.05) is 25.0 Å². The first kappa shape index (κ1) is 17.3. The number of rotatable bonds is 1. The second kappa shape index (κ2) is 7.01. The van der Waals surface area contributed by atoms with E-state index in [1.165, 1.54) is 0 Å². The van der Waals surface area contributed by atoms with Gasteiger partial charge in [0.2, 0.25) is 0 Å². The van der Waals surface area contributed by atoms with Crippen molar-refractivity contribution >= 4 is 57.2 Å². The van der Waals surface area contributed by atoms with E-state index in [0.29, 0.717) is 10.9 Å². The van der Waals surface area contributed by atoms with E-state index in [-0.39, 0.29) is 34.5 Å². The van der Waals surface area contributed by atoms with Gasteiger partial charge in [-0.2, -0.15) is 8.42 Å². The van der Waals surface area contributed by atoms with Crippen LogP contribution in [0.25, 0.3) is 10.8 Å². The van der Waals surface area contributed by atoms with E-state index >= 15 is 0 Å². The van der Waals surface area contributed by atoms with Crippen LogP contribution in [0.5, 0.6) is 0 Å². The van der Waals surface area contributed by atoms with Gasteiger partial charge in [-0.1, -0.05) is 36.4 Å². The van der Waals surface area contributed by atoms with Crippen LogP contribution in [0.1, 0.15) is 5.56 Å². The molecule has 0 spiro atoms. The van der Waals surface area contributed by atoms with Gasteiger partial charge in [-0.05, 0) is 17.9 Å². The van der Waals surface area contributed by atoms with Crippen molar-refractivity contribution in [3.05, 3.63) is 42.0 Å². The molecular formula is C12H12NaO4S. The molecule has 0 fully saturated rings. The van der Waals surface area contributed by atoms with Crippen LogP contribution >= 0.6 is 0 Å². The molecule has 0 heterocycles. The monoisotopic (exact) mass is 275 g/mol. The fourth-order valence-electron chi connectivity index (χ4n) is 1.69. The van der Waals surface area contributed by atoms with Crippen LogP contribution in [-0.2, 0) is 14.9 Å². The first-order chi connectivity index (χ1) is 8.00. The summed E-state index contributed by atoms with van der Waals surface area (Å²) in [5.41, 5.74) is 0.552. The zero-order valence-electron chi connectivity index (χ0n) is 10.3. The second-order valence-corrected chi connectivity index (χ2v) is 4.77. The quantitative estimate of drug-likeness (QED) is 0.636. The molecule has 0 saturated heterocycles. The number of hydrogen-bond acceptors (Lipinski definition) is 3. The minimum absolute atomic E-state index is 0. The van der Waals surface area contributed by atoms with E-state index in [9.17, 15) is 8.42 Å². The Hall–Kier alpha value is -0.720. The van der Waals surface area contributed by atoms with Crippen molar-refractivity contribution in [1.82, 2.24) is 0 Å². The van der Waals surface area contributed by atoms with Crippen LogP contribution < -0.4 is 0 Å². The smallest absolute Gasteiger partial charge is 0.295 e. The zero-order valence-corrected chi connectivity index (χ0v) is 13.1. The Balaban J connectivity index is 0.000000917. The molecule has 91 valence electrons. The van der Waals surface area contributed by atoms with Crippen LogP contribution in [0.3, 0.4) is 0 Å². The van der Waals surface area contributed by atoms with Crippen LogP contribution in [0.4, 0.5) is 0 Å². The Kier molecular flexibility index (Phi) is 6.73. The molecule has 2 rings (SSSR count). The summed E-state index contributed by atoms with van der Waals surface area (Å²) >= 11 is 0. The summed E-state index contributed by atoms with van der Waals surface area (Å²) in [6, 6.07) is 10.6. The second-order valence-electron chi connectivity index (χ2n) is 3.41. The molecule has 2 aromatic carbocycles. The summed E-state index contributed by atoms with van der Waals surface area (Å²) in [7, 11) is -4.16. The van der Waals surface area contributed by atoms with E-state index in [2.05, 4.69) is 0 Å². The molecule has 0 atom stereocenters. The van der Waals surface area contributed by atoms with Gasteiger partial charge in [0.15, 0.2) is 0 Å². The van der Waals surface area contributed by atoms with E-state index in [1.54, 1.807) is 25.1 Å². The number of hydrogen-bond donors (Lipinski definition) is 1. The molecule has 0 bridgehead atoms. The third kappa shape index (κ3) is 3.63. The van der Waals surface area contributed by atoms with Gasteiger partial charge in [0, 0.05) is 34.9 Å². The molecule has 4 nitrogen and oxygen atoms in total. The predicted molar refractivity (Wildman–Crippen MR) is 71.4 cm³/mol. The minimum atomic E-state index is -4.16. The molecule has 1 N–H and O–H groups in total. The molecule has 0 saturated carbocycles. The van der Waals surface area contributed by atoms with Gasteiger partial charge in [0.25, 0.3) is 10.1 Å². The van der Waals surface area contributed by atoms with Crippen LogP contribution in [0.2, 0.25) is 0 Å². The molecule has 0 amide bonds. The van der Waals surface area contributed by atoms with Gasteiger partial charge in [0.05, 0.1) is 0 Å². The van der Waals surface area contributed by atoms with E-state index < -0.39 is 10.1 Å². The van der Waals surface area contributed by atoms with Crippen molar-refractivity contribution in [2.24, 2.45) is 0 Å². The Bertz CT molecular complexity index is 638. The predicted octanol–water partition coefficient (Wildman–Crippen LogP) is 1.83. The summed E-state index contributed by atoms with van der Waals surface area (Å²) in [4.78, 5) is 8.00. The van der Waals surface area contributed by atoms with Crippen LogP contribution in [-0.4, -0.2) is 49.3 Å². The van der Waals surface area contributed by atoms with Crippen molar-refractivity contribution < 1.29 is 17.8 Å². The summed E-state index contributed by atoms with van der Waals surface area (Å²) < 4.78 is 31.6. The summed E-state index contributed by atoms with van der Waals surface area (Å²) in [6.07, 6.45) is 0. The van der Waals surface area contributed by atoms with Crippen LogP contribution in [0, 0.1) is 6.92 Å². The maximum Gasteiger partial charge on any atom is 0.295 e. The third-order valence-electron chi connectivity index (χ3n) is 2.33. The number of benzene rings is 2. The molecular weight excluding hydrogens is 263 g/mol. The Morgan fingerprint density at radius 3 is 2.17 bits per heavy atom. The largest absolute Gasteiger partial charge is 0.307 e. The maximum atomic E-state index is 11.2. The van der Waals surface area contributed by atoms with Crippen molar-refractivity contribution in [2.45, 2.75) is 11.8 Å². The first-order valence-corrected chi connectivity index (χ1v) is 6.19. The van der Waals surface area contributed by atoms with Crippen LogP contribution in [0.15, 0.2) is 41.3 Å². The van der Waals surface area contributed by atoms with Crippen molar-refractivity contribution in [3.8, 4) is 0 Å². The summed E-state index contributed by atoms with van der Waals surface area (Å²) in [5, 5.41) is 1.36. The molecule has 6 heteroatoms. The first-order valence-electron chi connectivity index (χ1n) is 4.75. The molecule has 0 aliphatic carbocycles. The fraction of sp³-hybridized carbons (Fsp3) is 0.0833. The Labute approximate surface area is 128 Å². The third-order valence-corrected chi connectivity index (χ3v) is 3.39. The maximum absolute atomic E-state index is 11.2. The minimum Gasteiger partial charge on any atom is -0.307 e. The van der Waals surface area contributed by atoms with Gasteiger partial charge in [-0.15, -0.1) is 0 Å². The SMILES string of the molecule is C=O.Cc1ccc2ccccc2c1S(=O)(=O)O.[Na]. The average Bonchev–Trinajstić information content (AvgIpc) is 2.29. The number of fused-ring (bicyclic) bond motifs is 1. The Morgan fingerprint density at radius 1 is 1.06 bits per heavy atom. The average molecular weight is 275 g/mol.